The van der Waals surface area contributed by atoms with E-state index in [1.54, 1.807) is 4.90 Å². The third kappa shape index (κ3) is 2.70. The highest BCUT2D eigenvalue weighted by Crippen LogP contribution is 2.19. The molecule has 0 aromatic heterocycles. The molecule has 1 atom stereocenters. The normalized spacial score (nSPS) is 15.6. The molecule has 0 saturated carbocycles. The molecule has 1 aromatic rings. The van der Waals surface area contributed by atoms with Crippen molar-refractivity contribution in [2.24, 2.45) is 0 Å². The topological polar surface area (TPSA) is 60.9 Å². The van der Waals surface area contributed by atoms with Crippen molar-refractivity contribution in [3.63, 3.8) is 0 Å². The van der Waals surface area contributed by atoms with E-state index < -0.39 is 12.0 Å². The highest BCUT2D eigenvalue weighted by Gasteiger charge is 2.28. The lowest BCUT2D eigenvalue weighted by atomic mass is 10.0. The monoisotopic (exact) mass is 262 g/mol. The number of benzene rings is 1. The van der Waals surface area contributed by atoms with E-state index in [2.05, 4.69) is 6.07 Å². The third-order valence-corrected chi connectivity index (χ3v) is 3.64. The average Bonchev–Trinajstić information content (AvgIpc) is 2.44. The van der Waals surface area contributed by atoms with Crippen LogP contribution < -0.4 is 0 Å². The number of urea groups is 1. The minimum absolute atomic E-state index is 0.232. The van der Waals surface area contributed by atoms with E-state index in [1.165, 1.54) is 24.4 Å². The third-order valence-electron chi connectivity index (χ3n) is 3.64. The molecule has 2 rings (SSSR count). The van der Waals surface area contributed by atoms with Gasteiger partial charge >= 0.3 is 12.0 Å². The Bertz CT molecular complexity index is 501. The summed E-state index contributed by atoms with van der Waals surface area (Å²) < 4.78 is 0. The number of likely N-dealkylation sites (N-methyl/N-ethyl adjacent to an activating group) is 1. The molecule has 0 fully saturated rings. The van der Waals surface area contributed by atoms with Crippen LogP contribution in [0.1, 0.15) is 18.1 Å². The van der Waals surface area contributed by atoms with E-state index in [9.17, 15) is 9.59 Å². The van der Waals surface area contributed by atoms with Gasteiger partial charge in [-0.15, -0.1) is 0 Å². The first kappa shape index (κ1) is 13.4. The van der Waals surface area contributed by atoms with Crippen molar-refractivity contribution in [1.82, 2.24) is 9.80 Å². The SMILES string of the molecule is CC(C(=O)O)N(C)C(=O)N1CCc2ccccc2C1. The molecule has 1 aliphatic heterocycles. The van der Waals surface area contributed by atoms with E-state index in [4.69, 9.17) is 5.11 Å². The van der Waals surface area contributed by atoms with Gasteiger partial charge in [0.25, 0.3) is 0 Å². The molecule has 1 heterocycles. The Morgan fingerprint density at radius 1 is 1.32 bits per heavy atom. The second-order valence-electron chi connectivity index (χ2n) is 4.85. The summed E-state index contributed by atoms with van der Waals surface area (Å²) in [7, 11) is 1.53. The van der Waals surface area contributed by atoms with Crippen LogP contribution in [-0.4, -0.2) is 46.5 Å². The van der Waals surface area contributed by atoms with Gasteiger partial charge in [0.15, 0.2) is 0 Å². The predicted octanol–water partition coefficient (Wildman–Crippen LogP) is 1.57. The Hall–Kier alpha value is -2.04. The van der Waals surface area contributed by atoms with Crippen LogP contribution in [0.2, 0.25) is 0 Å². The maximum atomic E-state index is 12.2. The van der Waals surface area contributed by atoms with Gasteiger partial charge in [-0.2, -0.15) is 0 Å². The lowest BCUT2D eigenvalue weighted by Gasteiger charge is -2.33. The van der Waals surface area contributed by atoms with Gasteiger partial charge in [0, 0.05) is 20.1 Å². The number of fused-ring (bicyclic) bond motifs is 1. The molecule has 2 amide bonds. The number of carbonyl (C=O) groups is 2. The number of hydrogen-bond acceptors (Lipinski definition) is 2. The molecule has 0 aliphatic carbocycles. The van der Waals surface area contributed by atoms with E-state index >= 15 is 0 Å². The van der Waals surface area contributed by atoms with Crippen molar-refractivity contribution >= 4 is 12.0 Å². The summed E-state index contributed by atoms with van der Waals surface area (Å²) in [5, 5.41) is 8.95. The van der Waals surface area contributed by atoms with Gasteiger partial charge in [-0.1, -0.05) is 24.3 Å². The number of hydrogen-bond donors (Lipinski definition) is 1. The summed E-state index contributed by atoms with van der Waals surface area (Å²) in [6.07, 6.45) is 0.817. The summed E-state index contributed by atoms with van der Waals surface area (Å²) in [5.41, 5.74) is 2.40. The molecule has 5 nitrogen and oxygen atoms in total. The fraction of sp³-hybridized carbons (Fsp3) is 0.429. The number of amides is 2. The first-order valence-corrected chi connectivity index (χ1v) is 6.32. The minimum Gasteiger partial charge on any atom is -0.480 e. The van der Waals surface area contributed by atoms with Crippen molar-refractivity contribution in [2.45, 2.75) is 25.9 Å². The lowest BCUT2D eigenvalue weighted by molar-refractivity contribution is -0.141. The summed E-state index contributed by atoms with van der Waals surface area (Å²) in [6.45, 7) is 2.69. The van der Waals surface area contributed by atoms with Gasteiger partial charge in [-0.25, -0.2) is 9.59 Å². The number of aliphatic carboxylic acids is 1. The van der Waals surface area contributed by atoms with Crippen LogP contribution in [0.15, 0.2) is 24.3 Å². The number of rotatable bonds is 2. The van der Waals surface area contributed by atoms with Gasteiger partial charge < -0.3 is 14.9 Å². The van der Waals surface area contributed by atoms with Crippen LogP contribution in [0.25, 0.3) is 0 Å². The van der Waals surface area contributed by atoms with Gasteiger partial charge in [0.05, 0.1) is 0 Å². The van der Waals surface area contributed by atoms with E-state index in [0.29, 0.717) is 13.1 Å². The Morgan fingerprint density at radius 3 is 2.58 bits per heavy atom. The standard InChI is InChI=1S/C14H18N2O3/c1-10(13(17)18)15(2)14(19)16-8-7-11-5-3-4-6-12(11)9-16/h3-6,10H,7-9H2,1-2H3,(H,17,18). The molecule has 102 valence electrons. The van der Waals surface area contributed by atoms with Crippen LogP contribution in [0.4, 0.5) is 4.79 Å². The van der Waals surface area contributed by atoms with Crippen molar-refractivity contribution < 1.29 is 14.7 Å². The van der Waals surface area contributed by atoms with Crippen molar-refractivity contribution in [3.8, 4) is 0 Å². The second kappa shape index (κ2) is 5.30. The summed E-state index contributed by atoms with van der Waals surface area (Å²) in [4.78, 5) is 26.1. The fourth-order valence-corrected chi connectivity index (χ4v) is 2.21. The Kier molecular flexibility index (Phi) is 3.74. The van der Waals surface area contributed by atoms with Crippen LogP contribution in [-0.2, 0) is 17.8 Å². The summed E-state index contributed by atoms with van der Waals surface area (Å²) >= 11 is 0. The molecule has 5 heteroatoms. The number of carbonyl (C=O) groups excluding carboxylic acids is 1. The molecule has 0 radical (unpaired) electrons. The van der Waals surface area contributed by atoms with Gasteiger partial charge in [-0.3, -0.25) is 0 Å². The van der Waals surface area contributed by atoms with E-state index in [1.807, 2.05) is 18.2 Å². The van der Waals surface area contributed by atoms with Crippen LogP contribution in [0, 0.1) is 0 Å². The van der Waals surface area contributed by atoms with Gasteiger partial charge in [0.1, 0.15) is 6.04 Å². The molecule has 0 spiro atoms. The molecule has 1 unspecified atom stereocenters. The first-order valence-electron chi connectivity index (χ1n) is 6.32. The van der Waals surface area contributed by atoms with Gasteiger partial charge in [-0.05, 0) is 24.5 Å². The highest BCUT2D eigenvalue weighted by molar-refractivity contribution is 5.82. The fourth-order valence-electron chi connectivity index (χ4n) is 2.21. The van der Waals surface area contributed by atoms with Gasteiger partial charge in [0.2, 0.25) is 0 Å². The minimum atomic E-state index is -0.992. The largest absolute Gasteiger partial charge is 0.480 e. The highest BCUT2D eigenvalue weighted by atomic mass is 16.4. The molecule has 1 aromatic carbocycles. The summed E-state index contributed by atoms with van der Waals surface area (Å²) in [6, 6.07) is 6.98. The zero-order valence-corrected chi connectivity index (χ0v) is 11.2. The number of carboxylic acid groups (broad SMARTS) is 1. The van der Waals surface area contributed by atoms with Crippen molar-refractivity contribution in [2.75, 3.05) is 13.6 Å². The molecule has 0 saturated heterocycles. The number of carboxylic acids is 1. The molecular weight excluding hydrogens is 244 g/mol. The number of nitrogens with zero attached hydrogens (tertiary/aromatic N) is 2. The Labute approximate surface area is 112 Å². The maximum absolute atomic E-state index is 12.2. The average molecular weight is 262 g/mol. The van der Waals surface area contributed by atoms with Crippen LogP contribution in [0.5, 0.6) is 0 Å². The Morgan fingerprint density at radius 2 is 1.95 bits per heavy atom. The second-order valence-corrected chi connectivity index (χ2v) is 4.85. The molecule has 19 heavy (non-hydrogen) atoms. The molecule has 1 aliphatic rings. The smallest absolute Gasteiger partial charge is 0.326 e. The molecular formula is C14H18N2O3. The molecule has 1 N–H and O–H groups in total. The lowest BCUT2D eigenvalue weighted by Crippen LogP contribution is -2.49. The van der Waals surface area contributed by atoms with E-state index in [0.717, 1.165) is 12.0 Å². The Balaban J connectivity index is 2.08. The van der Waals surface area contributed by atoms with Crippen molar-refractivity contribution in [1.29, 1.82) is 0 Å². The predicted molar refractivity (Wildman–Crippen MR) is 70.8 cm³/mol. The van der Waals surface area contributed by atoms with E-state index in [-0.39, 0.29) is 6.03 Å². The van der Waals surface area contributed by atoms with Crippen LogP contribution in [0.3, 0.4) is 0 Å². The van der Waals surface area contributed by atoms with Crippen LogP contribution >= 0.6 is 0 Å². The molecule has 0 bridgehead atoms. The summed E-state index contributed by atoms with van der Waals surface area (Å²) in [5.74, 6) is -0.992. The zero-order valence-electron chi connectivity index (χ0n) is 11.2. The quantitative estimate of drug-likeness (QED) is 0.880. The maximum Gasteiger partial charge on any atom is 0.326 e. The zero-order chi connectivity index (χ0) is 14.0. The van der Waals surface area contributed by atoms with Crippen molar-refractivity contribution in [3.05, 3.63) is 35.4 Å². The first-order chi connectivity index (χ1) is 9.00.